The Morgan fingerprint density at radius 3 is 3.00 bits per heavy atom. The molecular formula is C14H12FN3O. The zero-order chi connectivity index (χ0) is 13.4. The number of halogens is 1. The van der Waals surface area contributed by atoms with Gasteiger partial charge in [0.1, 0.15) is 11.6 Å². The molecule has 1 aromatic heterocycles. The van der Waals surface area contributed by atoms with Gasteiger partial charge in [-0.05, 0) is 34.9 Å². The maximum absolute atomic E-state index is 13.7. The normalized spacial score (nSPS) is 13.1. The summed E-state index contributed by atoms with van der Waals surface area (Å²) < 4.78 is 13.7. The molecule has 0 aliphatic carbocycles. The first-order valence-electron chi connectivity index (χ1n) is 5.94. The van der Waals surface area contributed by atoms with Crippen LogP contribution in [0.5, 0.6) is 0 Å². The van der Waals surface area contributed by atoms with E-state index in [-0.39, 0.29) is 11.5 Å². The van der Waals surface area contributed by atoms with Crippen molar-refractivity contribution in [2.24, 2.45) is 0 Å². The third-order valence-corrected chi connectivity index (χ3v) is 3.24. The van der Waals surface area contributed by atoms with Crippen molar-refractivity contribution in [1.82, 2.24) is 10.3 Å². The van der Waals surface area contributed by atoms with Crippen molar-refractivity contribution in [3.05, 3.63) is 47.4 Å². The summed E-state index contributed by atoms with van der Waals surface area (Å²) in [4.78, 5) is 15.8. The monoisotopic (exact) mass is 257 g/mol. The lowest BCUT2D eigenvalue weighted by atomic mass is 9.97. The fourth-order valence-electron chi connectivity index (χ4n) is 2.31. The highest BCUT2D eigenvalue weighted by Gasteiger charge is 2.26. The van der Waals surface area contributed by atoms with E-state index >= 15 is 0 Å². The van der Waals surface area contributed by atoms with Crippen molar-refractivity contribution in [1.29, 1.82) is 0 Å². The molecule has 0 radical (unpaired) electrons. The Morgan fingerprint density at radius 1 is 1.37 bits per heavy atom. The van der Waals surface area contributed by atoms with E-state index in [9.17, 15) is 9.18 Å². The molecule has 5 heteroatoms. The van der Waals surface area contributed by atoms with Gasteiger partial charge in [0, 0.05) is 19.8 Å². The van der Waals surface area contributed by atoms with Crippen LogP contribution in [-0.4, -0.2) is 17.9 Å². The van der Waals surface area contributed by atoms with Gasteiger partial charge in [-0.3, -0.25) is 4.79 Å². The molecule has 2 heterocycles. The molecule has 1 amide bonds. The average molecular weight is 257 g/mol. The summed E-state index contributed by atoms with van der Waals surface area (Å²) in [5, 5.41) is 5.61. The Kier molecular flexibility index (Phi) is 2.67. The van der Waals surface area contributed by atoms with Crippen LogP contribution >= 0.6 is 0 Å². The first kappa shape index (κ1) is 11.6. The number of fused-ring (bicyclic) bond motifs is 1. The number of benzene rings is 1. The van der Waals surface area contributed by atoms with E-state index < -0.39 is 5.82 Å². The van der Waals surface area contributed by atoms with Crippen molar-refractivity contribution in [2.75, 3.05) is 12.4 Å². The van der Waals surface area contributed by atoms with Gasteiger partial charge in [0.25, 0.3) is 5.91 Å². The molecule has 3 rings (SSSR count). The molecule has 0 saturated heterocycles. The van der Waals surface area contributed by atoms with Crippen LogP contribution in [-0.2, 0) is 6.54 Å². The molecule has 0 saturated carbocycles. The number of nitrogens with zero attached hydrogens (tertiary/aromatic N) is 1. The second kappa shape index (κ2) is 4.35. The van der Waals surface area contributed by atoms with E-state index in [0.717, 1.165) is 16.9 Å². The Bertz CT molecular complexity index is 670. The second-order valence-corrected chi connectivity index (χ2v) is 4.31. The van der Waals surface area contributed by atoms with Gasteiger partial charge in [-0.15, -0.1) is 0 Å². The van der Waals surface area contributed by atoms with E-state index in [4.69, 9.17) is 0 Å². The number of pyridine rings is 1. The molecule has 0 spiro atoms. The highest BCUT2D eigenvalue weighted by atomic mass is 19.1. The van der Waals surface area contributed by atoms with Crippen LogP contribution in [0.3, 0.4) is 0 Å². The van der Waals surface area contributed by atoms with E-state index in [1.165, 1.54) is 6.07 Å². The summed E-state index contributed by atoms with van der Waals surface area (Å²) in [7, 11) is 1.78. The topological polar surface area (TPSA) is 54.0 Å². The smallest absolute Gasteiger partial charge is 0.254 e. The lowest BCUT2D eigenvalue weighted by Crippen LogP contribution is -2.13. The second-order valence-electron chi connectivity index (χ2n) is 4.31. The maximum atomic E-state index is 13.7. The minimum atomic E-state index is -0.475. The number of carbonyl (C=O) groups is 1. The maximum Gasteiger partial charge on any atom is 0.254 e. The van der Waals surface area contributed by atoms with Gasteiger partial charge in [0.2, 0.25) is 0 Å². The minimum Gasteiger partial charge on any atom is -0.373 e. The van der Waals surface area contributed by atoms with Crippen LogP contribution in [0.2, 0.25) is 0 Å². The third kappa shape index (κ3) is 1.83. The van der Waals surface area contributed by atoms with Crippen molar-refractivity contribution >= 4 is 11.7 Å². The third-order valence-electron chi connectivity index (χ3n) is 3.24. The summed E-state index contributed by atoms with van der Waals surface area (Å²) in [6, 6.07) is 6.75. The van der Waals surface area contributed by atoms with Gasteiger partial charge in [-0.1, -0.05) is 6.07 Å². The highest BCUT2D eigenvalue weighted by Crippen LogP contribution is 2.31. The Hall–Kier alpha value is -2.43. The Balaban J connectivity index is 2.19. The number of nitrogens with one attached hydrogen (secondary N) is 2. The van der Waals surface area contributed by atoms with E-state index in [0.29, 0.717) is 12.1 Å². The predicted octanol–water partition coefficient (Wildman–Crippen LogP) is 2.17. The van der Waals surface area contributed by atoms with Gasteiger partial charge in [0.05, 0.1) is 5.56 Å². The lowest BCUT2D eigenvalue weighted by molar-refractivity contribution is 0.0962. The van der Waals surface area contributed by atoms with E-state index in [2.05, 4.69) is 15.6 Å². The summed E-state index contributed by atoms with van der Waals surface area (Å²) in [5.41, 5.74) is 2.62. The van der Waals surface area contributed by atoms with Gasteiger partial charge in [-0.2, -0.15) is 0 Å². The molecule has 2 aromatic rings. The number of rotatable bonds is 2. The summed E-state index contributed by atoms with van der Waals surface area (Å²) in [5.74, 6) is -0.0956. The molecule has 19 heavy (non-hydrogen) atoms. The van der Waals surface area contributed by atoms with Crippen molar-refractivity contribution < 1.29 is 9.18 Å². The Labute approximate surface area is 109 Å². The Morgan fingerprint density at radius 2 is 2.21 bits per heavy atom. The van der Waals surface area contributed by atoms with Crippen LogP contribution in [0, 0.1) is 5.82 Å². The highest BCUT2D eigenvalue weighted by molar-refractivity contribution is 6.00. The van der Waals surface area contributed by atoms with Crippen molar-refractivity contribution in [3.63, 3.8) is 0 Å². The molecular weight excluding hydrogens is 245 g/mol. The number of amides is 1. The van der Waals surface area contributed by atoms with Gasteiger partial charge in [-0.25, -0.2) is 9.37 Å². The number of hydrogen-bond donors (Lipinski definition) is 2. The van der Waals surface area contributed by atoms with Crippen LogP contribution in [0.4, 0.5) is 10.2 Å². The van der Waals surface area contributed by atoms with E-state index in [1.807, 2.05) is 12.1 Å². The zero-order valence-corrected chi connectivity index (χ0v) is 10.3. The largest absolute Gasteiger partial charge is 0.373 e. The average Bonchev–Trinajstić information content (AvgIpc) is 2.82. The summed E-state index contributed by atoms with van der Waals surface area (Å²) in [6.07, 6.45) is 1.68. The minimum absolute atomic E-state index is 0.153. The van der Waals surface area contributed by atoms with Crippen molar-refractivity contribution in [2.45, 2.75) is 6.54 Å². The molecule has 2 N–H and O–H groups in total. The molecule has 1 aliphatic rings. The molecule has 96 valence electrons. The fourth-order valence-corrected chi connectivity index (χ4v) is 2.31. The quantitative estimate of drug-likeness (QED) is 0.867. The molecule has 0 bridgehead atoms. The van der Waals surface area contributed by atoms with Gasteiger partial charge in [0.15, 0.2) is 0 Å². The molecule has 1 aromatic carbocycles. The molecule has 0 fully saturated rings. The molecule has 0 unspecified atom stereocenters. The number of anilines is 1. The SMILES string of the molecule is CNc1cc(-c2ccc(F)c3c2CNC3=O)ccn1. The number of carbonyl (C=O) groups excluding carboxylic acids is 1. The molecule has 1 aliphatic heterocycles. The van der Waals surface area contributed by atoms with Crippen molar-refractivity contribution in [3.8, 4) is 11.1 Å². The standard InChI is InChI=1S/C14H12FN3O/c1-16-12-6-8(4-5-17-12)9-2-3-11(15)13-10(9)7-18-14(13)19/h2-6H,7H2,1H3,(H,16,17)(H,18,19). The van der Waals surface area contributed by atoms with E-state index in [1.54, 1.807) is 19.3 Å². The zero-order valence-electron chi connectivity index (χ0n) is 10.3. The van der Waals surface area contributed by atoms with Gasteiger partial charge < -0.3 is 10.6 Å². The van der Waals surface area contributed by atoms with Gasteiger partial charge >= 0.3 is 0 Å². The van der Waals surface area contributed by atoms with Crippen LogP contribution in [0.25, 0.3) is 11.1 Å². The predicted molar refractivity (Wildman–Crippen MR) is 70.3 cm³/mol. The number of aromatic nitrogens is 1. The summed E-state index contributed by atoms with van der Waals surface area (Å²) >= 11 is 0. The molecule has 0 atom stereocenters. The first-order chi connectivity index (χ1) is 9.20. The van der Waals surface area contributed by atoms with Crippen LogP contribution in [0.15, 0.2) is 30.5 Å². The fraction of sp³-hybridized carbons (Fsp3) is 0.143. The summed E-state index contributed by atoms with van der Waals surface area (Å²) in [6.45, 7) is 0.360. The van der Waals surface area contributed by atoms with Crippen LogP contribution < -0.4 is 10.6 Å². The molecule has 4 nitrogen and oxygen atoms in total. The first-order valence-corrected chi connectivity index (χ1v) is 5.94. The van der Waals surface area contributed by atoms with Crippen LogP contribution in [0.1, 0.15) is 15.9 Å². The number of hydrogen-bond acceptors (Lipinski definition) is 3. The lowest BCUT2D eigenvalue weighted by Gasteiger charge is -2.09.